The van der Waals surface area contributed by atoms with E-state index in [0.29, 0.717) is 19.1 Å². The van der Waals surface area contributed by atoms with Crippen molar-refractivity contribution >= 4 is 25.3 Å². The van der Waals surface area contributed by atoms with Crippen LogP contribution in [0.3, 0.4) is 0 Å². The van der Waals surface area contributed by atoms with Gasteiger partial charge in [-0.1, -0.05) is 6.07 Å². The molecule has 0 radical (unpaired) electrons. The third-order valence-corrected chi connectivity index (χ3v) is 2.19. The van der Waals surface area contributed by atoms with Crippen molar-refractivity contribution in [2.75, 3.05) is 20.3 Å². The molecule has 0 saturated carbocycles. The van der Waals surface area contributed by atoms with E-state index in [1.54, 1.807) is 19.4 Å². The monoisotopic (exact) mass is 231 g/mol. The van der Waals surface area contributed by atoms with Crippen molar-refractivity contribution in [3.05, 3.63) is 23.9 Å². The minimum absolute atomic E-state index is 0.101. The van der Waals surface area contributed by atoms with E-state index in [2.05, 4.69) is 30.2 Å². The van der Waals surface area contributed by atoms with Gasteiger partial charge in [0, 0.05) is 19.4 Å². The number of aromatic nitrogens is 1. The molecular weight excluding hydrogens is 218 g/mol. The van der Waals surface area contributed by atoms with Crippen LogP contribution >= 0.6 is 25.3 Å². The molecule has 0 spiro atoms. The summed E-state index contributed by atoms with van der Waals surface area (Å²) in [6.45, 7) is 1.07. The Morgan fingerprint density at radius 2 is 2.14 bits per heavy atom. The third-order valence-electron chi connectivity index (χ3n) is 1.59. The SMILES string of the molecule is COCCOc1ccc(C(S)S)cn1. The standard InChI is InChI=1S/C9H13NO2S2/c1-11-4-5-12-8-3-2-7(6-10-8)9(13)14/h2-3,6,9,13-14H,4-5H2,1H3. The first-order valence-electron chi connectivity index (χ1n) is 4.18. The van der Waals surface area contributed by atoms with E-state index in [1.165, 1.54) is 0 Å². The van der Waals surface area contributed by atoms with Gasteiger partial charge in [0.1, 0.15) is 6.61 Å². The first kappa shape index (κ1) is 11.7. The average Bonchev–Trinajstić information content (AvgIpc) is 2.19. The maximum atomic E-state index is 5.30. The summed E-state index contributed by atoms with van der Waals surface area (Å²) in [5.41, 5.74) is 0.954. The van der Waals surface area contributed by atoms with E-state index in [-0.39, 0.29) is 4.58 Å². The van der Waals surface area contributed by atoms with Gasteiger partial charge in [0.2, 0.25) is 5.88 Å². The van der Waals surface area contributed by atoms with Gasteiger partial charge in [-0.25, -0.2) is 4.98 Å². The topological polar surface area (TPSA) is 31.4 Å². The van der Waals surface area contributed by atoms with Crippen molar-refractivity contribution in [3.8, 4) is 5.88 Å². The molecular formula is C9H13NO2S2. The number of thiol groups is 2. The van der Waals surface area contributed by atoms with E-state index in [9.17, 15) is 0 Å². The Kier molecular flexibility index (Phi) is 5.14. The van der Waals surface area contributed by atoms with Gasteiger partial charge in [0.25, 0.3) is 0 Å². The van der Waals surface area contributed by atoms with Gasteiger partial charge in [-0.2, -0.15) is 25.3 Å². The van der Waals surface area contributed by atoms with E-state index >= 15 is 0 Å². The van der Waals surface area contributed by atoms with Crippen LogP contribution in [0.4, 0.5) is 0 Å². The smallest absolute Gasteiger partial charge is 0.213 e. The molecule has 0 atom stereocenters. The molecule has 0 bridgehead atoms. The number of hydrogen-bond donors (Lipinski definition) is 2. The van der Waals surface area contributed by atoms with Crippen LogP contribution < -0.4 is 4.74 Å². The van der Waals surface area contributed by atoms with Crippen LogP contribution in [0.25, 0.3) is 0 Å². The molecule has 0 aliphatic carbocycles. The fourth-order valence-corrected chi connectivity index (χ4v) is 1.16. The summed E-state index contributed by atoms with van der Waals surface area (Å²) >= 11 is 8.34. The first-order valence-corrected chi connectivity index (χ1v) is 5.21. The number of ether oxygens (including phenoxy) is 2. The van der Waals surface area contributed by atoms with Gasteiger partial charge in [-0.05, 0) is 5.56 Å². The highest BCUT2D eigenvalue weighted by atomic mass is 32.2. The quantitative estimate of drug-likeness (QED) is 0.461. The molecule has 5 heteroatoms. The lowest BCUT2D eigenvalue weighted by Crippen LogP contribution is -2.05. The van der Waals surface area contributed by atoms with Gasteiger partial charge in [-0.15, -0.1) is 0 Å². The van der Waals surface area contributed by atoms with Gasteiger partial charge in [0.05, 0.1) is 11.2 Å². The van der Waals surface area contributed by atoms with E-state index in [1.807, 2.05) is 6.07 Å². The van der Waals surface area contributed by atoms with E-state index < -0.39 is 0 Å². The molecule has 0 fully saturated rings. The van der Waals surface area contributed by atoms with Crippen LogP contribution in [0.1, 0.15) is 10.1 Å². The minimum Gasteiger partial charge on any atom is -0.475 e. The lowest BCUT2D eigenvalue weighted by Gasteiger charge is -2.06. The van der Waals surface area contributed by atoms with Crippen molar-refractivity contribution in [2.45, 2.75) is 4.58 Å². The molecule has 0 saturated heterocycles. The van der Waals surface area contributed by atoms with Gasteiger partial charge in [-0.3, -0.25) is 0 Å². The molecule has 1 aromatic rings. The number of hydrogen-bond acceptors (Lipinski definition) is 5. The predicted octanol–water partition coefficient (Wildman–Crippen LogP) is 1.97. The first-order chi connectivity index (χ1) is 6.74. The van der Waals surface area contributed by atoms with Gasteiger partial charge >= 0.3 is 0 Å². The number of methoxy groups -OCH3 is 1. The highest BCUT2D eigenvalue weighted by molar-refractivity contribution is 7.98. The summed E-state index contributed by atoms with van der Waals surface area (Å²) in [5, 5.41) is 0. The molecule has 0 unspecified atom stereocenters. The molecule has 14 heavy (non-hydrogen) atoms. The largest absolute Gasteiger partial charge is 0.475 e. The van der Waals surface area contributed by atoms with Crippen molar-refractivity contribution < 1.29 is 9.47 Å². The summed E-state index contributed by atoms with van der Waals surface area (Å²) in [5.74, 6) is 0.591. The number of nitrogens with zero attached hydrogens (tertiary/aromatic N) is 1. The molecule has 0 aliphatic heterocycles. The summed E-state index contributed by atoms with van der Waals surface area (Å²) in [4.78, 5) is 4.10. The van der Waals surface area contributed by atoms with Crippen LogP contribution in [0.5, 0.6) is 5.88 Å². The summed E-state index contributed by atoms with van der Waals surface area (Å²) in [7, 11) is 1.63. The van der Waals surface area contributed by atoms with Crippen LogP contribution in [-0.2, 0) is 4.74 Å². The zero-order valence-electron chi connectivity index (χ0n) is 7.88. The second-order valence-corrected chi connectivity index (χ2v) is 4.08. The van der Waals surface area contributed by atoms with Crippen molar-refractivity contribution in [2.24, 2.45) is 0 Å². The zero-order valence-corrected chi connectivity index (χ0v) is 9.67. The fraction of sp³-hybridized carbons (Fsp3) is 0.444. The average molecular weight is 231 g/mol. The lowest BCUT2D eigenvalue weighted by molar-refractivity contribution is 0.143. The Morgan fingerprint density at radius 3 is 2.64 bits per heavy atom. The van der Waals surface area contributed by atoms with Gasteiger partial charge in [0.15, 0.2) is 0 Å². The normalized spacial score (nSPS) is 10.6. The summed E-state index contributed by atoms with van der Waals surface area (Å²) < 4.78 is 10.0. The third kappa shape index (κ3) is 3.77. The molecule has 0 amide bonds. The maximum absolute atomic E-state index is 5.30. The second kappa shape index (κ2) is 6.16. The van der Waals surface area contributed by atoms with Crippen LogP contribution in [0.2, 0.25) is 0 Å². The second-order valence-electron chi connectivity index (χ2n) is 2.64. The molecule has 0 aliphatic rings. The molecule has 78 valence electrons. The minimum atomic E-state index is -0.101. The van der Waals surface area contributed by atoms with Crippen LogP contribution in [0, 0.1) is 0 Å². The Balaban J connectivity index is 2.47. The summed E-state index contributed by atoms with van der Waals surface area (Å²) in [6.07, 6.45) is 1.70. The number of rotatable bonds is 5. The molecule has 3 nitrogen and oxygen atoms in total. The Labute approximate surface area is 94.6 Å². The van der Waals surface area contributed by atoms with Crippen molar-refractivity contribution in [1.29, 1.82) is 0 Å². The molecule has 0 aromatic carbocycles. The van der Waals surface area contributed by atoms with E-state index in [4.69, 9.17) is 9.47 Å². The van der Waals surface area contributed by atoms with E-state index in [0.717, 1.165) is 5.56 Å². The van der Waals surface area contributed by atoms with Crippen LogP contribution in [0.15, 0.2) is 18.3 Å². The summed E-state index contributed by atoms with van der Waals surface area (Å²) in [6, 6.07) is 3.68. The van der Waals surface area contributed by atoms with Gasteiger partial charge < -0.3 is 9.47 Å². The maximum Gasteiger partial charge on any atom is 0.213 e. The number of pyridine rings is 1. The van der Waals surface area contributed by atoms with Crippen LogP contribution in [-0.4, -0.2) is 25.3 Å². The molecule has 1 rings (SSSR count). The molecule has 0 N–H and O–H groups in total. The predicted molar refractivity (Wildman–Crippen MR) is 62.3 cm³/mol. The Bertz CT molecular complexity index is 264. The highest BCUT2D eigenvalue weighted by Crippen LogP contribution is 2.23. The zero-order chi connectivity index (χ0) is 10.4. The Morgan fingerprint density at radius 1 is 1.36 bits per heavy atom. The lowest BCUT2D eigenvalue weighted by atomic mass is 10.3. The molecule has 1 heterocycles. The molecule has 1 aromatic heterocycles. The van der Waals surface area contributed by atoms with Crippen molar-refractivity contribution in [3.63, 3.8) is 0 Å². The van der Waals surface area contributed by atoms with Crippen molar-refractivity contribution in [1.82, 2.24) is 4.98 Å². The highest BCUT2D eigenvalue weighted by Gasteiger charge is 2.01. The fourth-order valence-electron chi connectivity index (χ4n) is 0.859. The Hall–Kier alpha value is -0.390.